The summed E-state index contributed by atoms with van der Waals surface area (Å²) in [6, 6.07) is 18.2. The summed E-state index contributed by atoms with van der Waals surface area (Å²) in [5.41, 5.74) is 5.57. The molecule has 0 saturated heterocycles. The number of aryl methyl sites for hydroxylation is 2. The number of pyridine rings is 3. The predicted octanol–water partition coefficient (Wildman–Crippen LogP) is 4.81. The minimum atomic E-state index is 0.777. The first kappa shape index (κ1) is 20.0. The fourth-order valence-corrected chi connectivity index (χ4v) is 3.29. The third-order valence-corrected chi connectivity index (χ3v) is 4.92. The lowest BCUT2D eigenvalue weighted by Crippen LogP contribution is -2.03. The molecule has 0 amide bonds. The fraction of sp³-hybridized carbons (Fsp3) is 0.273. The van der Waals surface area contributed by atoms with Gasteiger partial charge in [-0.2, -0.15) is 0 Å². The van der Waals surface area contributed by atoms with Crippen LogP contribution in [-0.4, -0.2) is 34.0 Å². The predicted molar refractivity (Wildman–Crippen MR) is 115 cm³/mol. The van der Waals surface area contributed by atoms with E-state index < -0.39 is 0 Å². The molecule has 144 valence electrons. The number of rotatable bonds is 8. The van der Waals surface area contributed by atoms with E-state index in [0.717, 1.165) is 58.5 Å². The van der Waals surface area contributed by atoms with E-state index in [1.165, 1.54) is 0 Å². The average molecular weight is 393 g/mol. The lowest BCUT2D eigenvalue weighted by Gasteiger charge is -2.06. The molecule has 0 aliphatic carbocycles. The van der Waals surface area contributed by atoms with Crippen molar-refractivity contribution in [1.29, 1.82) is 0 Å². The van der Waals surface area contributed by atoms with Crippen LogP contribution in [0, 0.1) is 0 Å². The second kappa shape index (κ2) is 9.99. The summed E-state index contributed by atoms with van der Waals surface area (Å²) in [5, 5.41) is 4.95. The monoisotopic (exact) mass is 392 g/mol. The summed E-state index contributed by atoms with van der Waals surface area (Å²) >= 11 is 1.64. The van der Waals surface area contributed by atoms with Crippen LogP contribution < -0.4 is 0 Å². The zero-order valence-electron chi connectivity index (χ0n) is 16.4. The quantitative estimate of drug-likeness (QED) is 0.313. The van der Waals surface area contributed by atoms with Crippen molar-refractivity contribution in [3.63, 3.8) is 0 Å². The summed E-state index contributed by atoms with van der Waals surface area (Å²) in [4.78, 5) is 18.9. The van der Waals surface area contributed by atoms with Gasteiger partial charge in [0.2, 0.25) is 0 Å². The van der Waals surface area contributed by atoms with Crippen LogP contribution in [0.15, 0.2) is 64.8 Å². The van der Waals surface area contributed by atoms with Crippen molar-refractivity contribution in [2.75, 3.05) is 13.4 Å². The van der Waals surface area contributed by atoms with Gasteiger partial charge in [-0.25, -0.2) is 4.98 Å². The Kier molecular flexibility index (Phi) is 7.14. The van der Waals surface area contributed by atoms with Gasteiger partial charge < -0.3 is 4.84 Å². The fourth-order valence-electron chi connectivity index (χ4n) is 2.89. The summed E-state index contributed by atoms with van der Waals surface area (Å²) in [6.07, 6.45) is 4.79. The number of hydrogen-bond donors (Lipinski definition) is 0. The topological polar surface area (TPSA) is 60.3 Å². The molecule has 0 saturated carbocycles. The number of aromatic nitrogens is 3. The Morgan fingerprint density at radius 2 is 1.54 bits per heavy atom. The Labute approximate surface area is 170 Å². The second-order valence-corrected chi connectivity index (χ2v) is 7.13. The van der Waals surface area contributed by atoms with E-state index in [4.69, 9.17) is 9.82 Å². The van der Waals surface area contributed by atoms with Crippen molar-refractivity contribution in [2.45, 2.75) is 31.2 Å². The van der Waals surface area contributed by atoms with E-state index >= 15 is 0 Å². The van der Waals surface area contributed by atoms with Crippen LogP contribution in [0.5, 0.6) is 0 Å². The highest BCUT2D eigenvalue weighted by Gasteiger charge is 2.06. The molecule has 0 spiro atoms. The van der Waals surface area contributed by atoms with Gasteiger partial charge >= 0.3 is 0 Å². The van der Waals surface area contributed by atoms with E-state index in [1.807, 2.05) is 55.6 Å². The first-order valence-electron chi connectivity index (χ1n) is 9.21. The zero-order chi connectivity index (χ0) is 19.8. The molecule has 0 radical (unpaired) electrons. The van der Waals surface area contributed by atoms with Crippen LogP contribution >= 0.6 is 11.8 Å². The normalized spacial score (nSPS) is 11.5. The van der Waals surface area contributed by atoms with E-state index in [1.54, 1.807) is 18.9 Å². The molecule has 5 nitrogen and oxygen atoms in total. The molecule has 0 aliphatic heterocycles. The average Bonchev–Trinajstić information content (AvgIpc) is 2.74. The molecular weight excluding hydrogens is 368 g/mol. The van der Waals surface area contributed by atoms with E-state index in [0.29, 0.717) is 0 Å². The number of hydrogen-bond acceptors (Lipinski definition) is 6. The molecule has 3 aromatic heterocycles. The summed E-state index contributed by atoms with van der Waals surface area (Å²) < 4.78 is 0. The van der Waals surface area contributed by atoms with Crippen LogP contribution in [0.4, 0.5) is 0 Å². The molecule has 0 aromatic carbocycles. The highest BCUT2D eigenvalue weighted by molar-refractivity contribution is 7.98. The maximum absolute atomic E-state index is 4.83. The lowest BCUT2D eigenvalue weighted by molar-refractivity contribution is 0.213. The molecule has 6 heteroatoms. The Morgan fingerprint density at radius 1 is 0.893 bits per heavy atom. The van der Waals surface area contributed by atoms with Crippen molar-refractivity contribution in [3.8, 4) is 11.4 Å². The third kappa shape index (κ3) is 5.39. The van der Waals surface area contributed by atoms with Crippen LogP contribution in [0.1, 0.15) is 30.4 Å². The van der Waals surface area contributed by atoms with Crippen LogP contribution in [0.25, 0.3) is 11.4 Å². The van der Waals surface area contributed by atoms with Crippen molar-refractivity contribution >= 4 is 17.5 Å². The first-order valence-corrected chi connectivity index (χ1v) is 10.4. The van der Waals surface area contributed by atoms with E-state index in [2.05, 4.69) is 27.3 Å². The highest BCUT2D eigenvalue weighted by Crippen LogP contribution is 2.19. The molecule has 3 rings (SSSR count). The Hall–Kier alpha value is -2.73. The third-order valence-electron chi connectivity index (χ3n) is 4.27. The van der Waals surface area contributed by atoms with Gasteiger partial charge in [-0.05, 0) is 68.8 Å². The Bertz CT molecular complexity index is 959. The van der Waals surface area contributed by atoms with Gasteiger partial charge in [0, 0.05) is 11.4 Å². The molecule has 3 aromatic rings. The maximum Gasteiger partial charge on any atom is 0.106 e. The smallest absolute Gasteiger partial charge is 0.106 e. The Morgan fingerprint density at radius 3 is 2.25 bits per heavy atom. The maximum atomic E-state index is 4.83. The van der Waals surface area contributed by atoms with E-state index in [9.17, 15) is 0 Å². The van der Waals surface area contributed by atoms with Crippen LogP contribution in [0.2, 0.25) is 0 Å². The SMILES string of the molecule is CO/N=C(\C)c1cccc(CCCc2cccc(-c3cccc(SC)n3)n2)n1. The molecule has 28 heavy (non-hydrogen) atoms. The van der Waals surface area contributed by atoms with Crippen LogP contribution in [-0.2, 0) is 17.7 Å². The molecule has 0 aliphatic rings. The molecule has 0 unspecified atom stereocenters. The van der Waals surface area contributed by atoms with Gasteiger partial charge in [0.05, 0.1) is 22.1 Å². The van der Waals surface area contributed by atoms with Gasteiger partial charge in [-0.1, -0.05) is 23.4 Å². The minimum Gasteiger partial charge on any atom is -0.399 e. The van der Waals surface area contributed by atoms with Crippen LogP contribution in [0.3, 0.4) is 0 Å². The highest BCUT2D eigenvalue weighted by atomic mass is 32.2. The van der Waals surface area contributed by atoms with E-state index in [-0.39, 0.29) is 0 Å². The first-order chi connectivity index (χ1) is 13.7. The van der Waals surface area contributed by atoms with Crippen molar-refractivity contribution in [1.82, 2.24) is 15.0 Å². The lowest BCUT2D eigenvalue weighted by atomic mass is 10.1. The largest absolute Gasteiger partial charge is 0.399 e. The standard InChI is InChI=1S/C22H24N4OS/c1-16(26-27-2)19-12-5-10-17(23-19)8-4-9-18-11-6-13-20(24-18)21-14-7-15-22(25-21)28-3/h5-7,10-15H,4,8-9H2,1-3H3/b26-16+. The van der Waals surface area contributed by atoms with Gasteiger partial charge in [0.25, 0.3) is 0 Å². The van der Waals surface area contributed by atoms with Gasteiger partial charge in [-0.3, -0.25) is 9.97 Å². The number of thioether (sulfide) groups is 1. The molecule has 0 bridgehead atoms. The molecular formula is C22H24N4OS. The summed E-state index contributed by atoms with van der Waals surface area (Å²) in [7, 11) is 1.54. The minimum absolute atomic E-state index is 0.777. The van der Waals surface area contributed by atoms with Crippen molar-refractivity contribution < 1.29 is 4.84 Å². The molecule has 3 heterocycles. The van der Waals surface area contributed by atoms with Gasteiger partial charge in [0.1, 0.15) is 12.8 Å². The zero-order valence-corrected chi connectivity index (χ0v) is 17.2. The molecule has 0 N–H and O–H groups in total. The number of nitrogens with zero attached hydrogens (tertiary/aromatic N) is 4. The van der Waals surface area contributed by atoms with Gasteiger partial charge in [-0.15, -0.1) is 11.8 Å². The molecule has 0 atom stereocenters. The molecule has 0 fully saturated rings. The van der Waals surface area contributed by atoms with Crippen molar-refractivity contribution in [3.05, 3.63) is 71.7 Å². The number of oxime groups is 1. The van der Waals surface area contributed by atoms with Crippen molar-refractivity contribution in [2.24, 2.45) is 5.16 Å². The summed E-state index contributed by atoms with van der Waals surface area (Å²) in [6.45, 7) is 1.89. The second-order valence-electron chi connectivity index (χ2n) is 6.31. The van der Waals surface area contributed by atoms with Gasteiger partial charge in [0.15, 0.2) is 0 Å². The Balaban J connectivity index is 1.64. The summed E-state index contributed by atoms with van der Waals surface area (Å²) in [5.74, 6) is 0.